The topological polar surface area (TPSA) is 33.6 Å². The van der Waals surface area contributed by atoms with Crippen LogP contribution in [-0.2, 0) is 11.3 Å². The van der Waals surface area contributed by atoms with Crippen molar-refractivity contribution in [1.29, 1.82) is 0 Å². The summed E-state index contributed by atoms with van der Waals surface area (Å²) in [4.78, 5) is 4.38. The van der Waals surface area contributed by atoms with Crippen LogP contribution in [0, 0.1) is 0 Å². The van der Waals surface area contributed by atoms with Gasteiger partial charge in [0.2, 0.25) is 0 Å². The van der Waals surface area contributed by atoms with Gasteiger partial charge in [0.15, 0.2) is 0 Å². The number of hydrogen-bond donors (Lipinski definition) is 1. The molecule has 1 unspecified atom stereocenters. The van der Waals surface area contributed by atoms with Crippen molar-refractivity contribution in [3.8, 4) is 0 Å². The van der Waals surface area contributed by atoms with Crippen LogP contribution in [0.1, 0.15) is 17.2 Å². The Morgan fingerprint density at radius 1 is 1.10 bits per heavy atom. The first-order valence-corrected chi connectivity index (χ1v) is 6.93. The molecule has 0 aliphatic carbocycles. The highest BCUT2D eigenvalue weighted by atomic mass is 35.5. The number of halogens is 1. The minimum Gasteiger partial charge on any atom is -0.455 e. The van der Waals surface area contributed by atoms with Crippen LogP contribution in [0.2, 0.25) is 5.02 Å². The number of hydrogen-bond acceptors (Lipinski definition) is 3. The largest absolute Gasteiger partial charge is 0.455 e. The molecule has 0 aromatic heterocycles. The molecule has 1 aliphatic rings. The fourth-order valence-electron chi connectivity index (χ4n) is 2.09. The summed E-state index contributed by atoms with van der Waals surface area (Å²) in [6.45, 7) is 1.34. The molecule has 1 atom stereocenters. The predicted octanol–water partition coefficient (Wildman–Crippen LogP) is 3.56. The van der Waals surface area contributed by atoms with E-state index in [2.05, 4.69) is 22.4 Å². The molecule has 3 rings (SSSR count). The summed E-state index contributed by atoms with van der Waals surface area (Å²) in [6, 6.07) is 18.5. The van der Waals surface area contributed by atoms with Crippen LogP contribution in [0.25, 0.3) is 0 Å². The first-order valence-electron chi connectivity index (χ1n) is 6.55. The van der Waals surface area contributed by atoms with Crippen molar-refractivity contribution in [3.05, 3.63) is 70.7 Å². The quantitative estimate of drug-likeness (QED) is 0.936. The van der Waals surface area contributed by atoms with E-state index in [0.717, 1.165) is 16.1 Å². The lowest BCUT2D eigenvalue weighted by atomic mass is 10.1. The molecule has 0 fully saturated rings. The molecule has 3 nitrogen and oxygen atoms in total. The molecule has 1 N–H and O–H groups in total. The van der Waals surface area contributed by atoms with Crippen LogP contribution in [-0.4, -0.2) is 12.6 Å². The number of aliphatic imine (C=N–C) groups is 1. The second-order valence-corrected chi connectivity index (χ2v) is 5.08. The van der Waals surface area contributed by atoms with E-state index in [9.17, 15) is 0 Å². The van der Waals surface area contributed by atoms with E-state index in [1.165, 1.54) is 0 Å². The zero-order valence-corrected chi connectivity index (χ0v) is 11.7. The van der Waals surface area contributed by atoms with E-state index in [1.54, 1.807) is 0 Å². The van der Waals surface area contributed by atoms with E-state index in [1.807, 2.05) is 42.5 Å². The average Bonchev–Trinajstić information content (AvgIpc) is 2.97. The summed E-state index contributed by atoms with van der Waals surface area (Å²) in [7, 11) is 0. The third kappa shape index (κ3) is 3.11. The van der Waals surface area contributed by atoms with Crippen LogP contribution in [0.5, 0.6) is 0 Å². The molecular formula is C16H15ClN2O. The maximum absolute atomic E-state index is 5.86. The molecule has 20 heavy (non-hydrogen) atoms. The molecule has 2 aromatic rings. The number of nitrogens with zero attached hydrogens (tertiary/aromatic N) is 1. The molecule has 4 heteroatoms. The van der Waals surface area contributed by atoms with Gasteiger partial charge in [-0.25, -0.2) is 4.99 Å². The number of ether oxygens (including phenoxy) is 1. The highest BCUT2D eigenvalue weighted by Gasteiger charge is 2.20. The molecule has 0 saturated carbocycles. The molecule has 2 aromatic carbocycles. The molecule has 1 heterocycles. The summed E-state index contributed by atoms with van der Waals surface area (Å²) in [6.07, 6.45) is 0.0175. The second-order valence-electron chi connectivity index (χ2n) is 4.64. The Labute approximate surface area is 123 Å². The Kier molecular flexibility index (Phi) is 3.88. The minimum absolute atomic E-state index is 0.0175. The van der Waals surface area contributed by atoms with Gasteiger partial charge in [-0.3, -0.25) is 0 Å². The van der Waals surface area contributed by atoms with Crippen LogP contribution >= 0.6 is 11.6 Å². The Morgan fingerprint density at radius 2 is 1.85 bits per heavy atom. The zero-order chi connectivity index (χ0) is 13.8. The summed E-state index contributed by atoms with van der Waals surface area (Å²) in [5.74, 6) is 0. The molecule has 0 amide bonds. The van der Waals surface area contributed by atoms with Crippen molar-refractivity contribution in [1.82, 2.24) is 5.32 Å². The Balaban J connectivity index is 1.54. The molecule has 0 radical (unpaired) electrons. The molecule has 0 bridgehead atoms. The Hall–Kier alpha value is -2.00. The van der Waals surface area contributed by atoms with Crippen LogP contribution in [0.4, 0.5) is 0 Å². The van der Waals surface area contributed by atoms with Crippen LogP contribution < -0.4 is 5.32 Å². The van der Waals surface area contributed by atoms with E-state index in [-0.39, 0.29) is 6.10 Å². The van der Waals surface area contributed by atoms with Crippen molar-refractivity contribution in [3.63, 3.8) is 0 Å². The molecule has 1 aliphatic heterocycles. The average molecular weight is 287 g/mol. The van der Waals surface area contributed by atoms with Gasteiger partial charge in [0.25, 0.3) is 6.02 Å². The van der Waals surface area contributed by atoms with Gasteiger partial charge in [0.1, 0.15) is 6.10 Å². The lowest BCUT2D eigenvalue weighted by molar-refractivity contribution is 0.219. The number of amidine groups is 1. The van der Waals surface area contributed by atoms with E-state index >= 15 is 0 Å². The van der Waals surface area contributed by atoms with Crippen molar-refractivity contribution >= 4 is 17.6 Å². The van der Waals surface area contributed by atoms with Gasteiger partial charge in [-0.1, -0.05) is 54.1 Å². The van der Waals surface area contributed by atoms with Gasteiger partial charge in [-0.15, -0.1) is 0 Å². The number of benzene rings is 2. The van der Waals surface area contributed by atoms with Gasteiger partial charge < -0.3 is 10.1 Å². The predicted molar refractivity (Wildman–Crippen MR) is 80.9 cm³/mol. The van der Waals surface area contributed by atoms with Crippen LogP contribution in [0.15, 0.2) is 59.6 Å². The van der Waals surface area contributed by atoms with E-state index < -0.39 is 0 Å². The third-order valence-corrected chi connectivity index (χ3v) is 3.43. The number of nitrogens with one attached hydrogen (secondary N) is 1. The fourth-order valence-corrected chi connectivity index (χ4v) is 2.22. The maximum Gasteiger partial charge on any atom is 0.285 e. The second kappa shape index (κ2) is 5.97. The van der Waals surface area contributed by atoms with Crippen molar-refractivity contribution in [2.24, 2.45) is 4.99 Å². The van der Waals surface area contributed by atoms with Crippen LogP contribution in [0.3, 0.4) is 0 Å². The standard InChI is InChI=1S/C16H15ClN2O/c17-14-8-6-12(7-9-14)10-18-16-19-11-15(20-16)13-4-2-1-3-5-13/h1-9,15H,10-11H2,(H,18,19). The first-order chi connectivity index (χ1) is 9.81. The van der Waals surface area contributed by atoms with Gasteiger partial charge in [0.05, 0.1) is 6.54 Å². The minimum atomic E-state index is 0.0175. The lowest BCUT2D eigenvalue weighted by Gasteiger charge is -2.12. The van der Waals surface area contributed by atoms with Crippen molar-refractivity contribution in [2.45, 2.75) is 12.6 Å². The SMILES string of the molecule is Clc1ccc(CNC2=NCC(c3ccccc3)O2)cc1. The monoisotopic (exact) mass is 286 g/mol. The molecule has 0 saturated heterocycles. The molecular weight excluding hydrogens is 272 g/mol. The van der Waals surface area contributed by atoms with Gasteiger partial charge in [-0.2, -0.15) is 0 Å². The van der Waals surface area contributed by atoms with Crippen molar-refractivity contribution < 1.29 is 4.74 Å². The highest BCUT2D eigenvalue weighted by molar-refractivity contribution is 6.30. The normalized spacial score (nSPS) is 17.4. The summed E-state index contributed by atoms with van der Waals surface area (Å²) in [5.41, 5.74) is 2.29. The van der Waals surface area contributed by atoms with E-state index in [0.29, 0.717) is 19.1 Å². The number of rotatable bonds is 3. The van der Waals surface area contributed by atoms with Crippen molar-refractivity contribution in [2.75, 3.05) is 6.54 Å². The van der Waals surface area contributed by atoms with Gasteiger partial charge >= 0.3 is 0 Å². The maximum atomic E-state index is 5.86. The third-order valence-electron chi connectivity index (χ3n) is 3.18. The molecule has 102 valence electrons. The Morgan fingerprint density at radius 3 is 2.60 bits per heavy atom. The summed E-state index contributed by atoms with van der Waals surface area (Å²) < 4.78 is 5.81. The Bertz CT molecular complexity index is 596. The van der Waals surface area contributed by atoms with Gasteiger partial charge in [0, 0.05) is 11.6 Å². The summed E-state index contributed by atoms with van der Waals surface area (Å²) >= 11 is 5.86. The fraction of sp³-hybridized carbons (Fsp3) is 0.188. The molecule has 0 spiro atoms. The van der Waals surface area contributed by atoms with Gasteiger partial charge in [-0.05, 0) is 23.3 Å². The first kappa shape index (κ1) is 13.0. The van der Waals surface area contributed by atoms with E-state index in [4.69, 9.17) is 16.3 Å². The summed E-state index contributed by atoms with van der Waals surface area (Å²) in [5, 5.41) is 3.94. The lowest BCUT2D eigenvalue weighted by Crippen LogP contribution is -2.23. The zero-order valence-electron chi connectivity index (χ0n) is 10.9. The highest BCUT2D eigenvalue weighted by Crippen LogP contribution is 2.21. The smallest absolute Gasteiger partial charge is 0.285 e.